The Morgan fingerprint density at radius 1 is 1.17 bits per heavy atom. The summed E-state index contributed by atoms with van der Waals surface area (Å²) in [7, 11) is 1.66. The molecule has 1 heterocycles. The third-order valence-corrected chi connectivity index (χ3v) is 5.68. The van der Waals surface area contributed by atoms with E-state index in [4.69, 9.17) is 9.47 Å². The summed E-state index contributed by atoms with van der Waals surface area (Å²) in [5.74, 6) is 0.899. The van der Waals surface area contributed by atoms with Crippen LogP contribution in [0.5, 0.6) is 5.75 Å². The van der Waals surface area contributed by atoms with Crippen molar-refractivity contribution in [3.8, 4) is 5.75 Å². The number of carbonyl (C=O) groups is 1. The number of rotatable bonds is 8. The monoisotopic (exact) mass is 432 g/mol. The minimum absolute atomic E-state index is 0. The molecule has 5 nitrogen and oxygen atoms in total. The van der Waals surface area contributed by atoms with E-state index >= 15 is 0 Å². The lowest BCUT2D eigenvalue weighted by molar-refractivity contribution is -0.136. The number of hydrogen-bond donors (Lipinski definition) is 2. The third-order valence-electron chi connectivity index (χ3n) is 5.68. The number of ether oxygens (including phenoxy) is 2. The summed E-state index contributed by atoms with van der Waals surface area (Å²) in [5.41, 5.74) is 3.00. The molecule has 164 valence electrons. The van der Waals surface area contributed by atoms with Crippen molar-refractivity contribution in [1.29, 1.82) is 0 Å². The molecule has 0 spiro atoms. The molecular formula is C24H33ClN2O3. The third kappa shape index (κ3) is 6.21. The minimum atomic E-state index is -0.439. The number of benzene rings is 2. The van der Waals surface area contributed by atoms with E-state index in [9.17, 15) is 4.79 Å². The van der Waals surface area contributed by atoms with Crippen LogP contribution in [0.25, 0.3) is 0 Å². The van der Waals surface area contributed by atoms with Crippen molar-refractivity contribution in [2.24, 2.45) is 5.41 Å². The number of halogens is 1. The molecule has 2 aromatic rings. The number of amides is 1. The van der Waals surface area contributed by atoms with Crippen LogP contribution in [-0.4, -0.2) is 32.7 Å². The summed E-state index contributed by atoms with van der Waals surface area (Å²) in [5, 5.41) is 6.51. The Bertz CT molecular complexity index is 799. The predicted molar refractivity (Wildman–Crippen MR) is 122 cm³/mol. The zero-order valence-corrected chi connectivity index (χ0v) is 18.9. The maximum absolute atomic E-state index is 13.0. The molecule has 0 radical (unpaired) electrons. The summed E-state index contributed by atoms with van der Waals surface area (Å²) < 4.78 is 11.3. The van der Waals surface area contributed by atoms with Gasteiger partial charge in [-0.05, 0) is 63.0 Å². The average Bonchev–Trinajstić information content (AvgIpc) is 2.73. The molecule has 3 rings (SSSR count). The van der Waals surface area contributed by atoms with Gasteiger partial charge in [0.2, 0.25) is 5.91 Å². The molecule has 1 amide bonds. The van der Waals surface area contributed by atoms with Gasteiger partial charge in [0.25, 0.3) is 0 Å². The molecule has 1 atom stereocenters. The van der Waals surface area contributed by atoms with Crippen LogP contribution < -0.4 is 15.4 Å². The van der Waals surface area contributed by atoms with Gasteiger partial charge in [-0.25, -0.2) is 0 Å². The molecule has 1 fully saturated rings. The second-order valence-electron chi connectivity index (χ2n) is 8.01. The van der Waals surface area contributed by atoms with Crippen molar-refractivity contribution in [2.45, 2.75) is 39.3 Å². The fourth-order valence-electron chi connectivity index (χ4n) is 3.87. The van der Waals surface area contributed by atoms with Gasteiger partial charge in [-0.3, -0.25) is 4.79 Å². The Morgan fingerprint density at radius 2 is 1.87 bits per heavy atom. The Morgan fingerprint density at radius 3 is 2.50 bits per heavy atom. The smallest absolute Gasteiger partial charge is 0.229 e. The first-order valence-corrected chi connectivity index (χ1v) is 10.3. The molecule has 0 saturated carbocycles. The molecule has 1 unspecified atom stereocenters. The fraction of sp³-hybridized carbons (Fsp3) is 0.458. The number of methoxy groups -OCH3 is 1. The van der Waals surface area contributed by atoms with Crippen LogP contribution in [0.2, 0.25) is 0 Å². The first-order valence-electron chi connectivity index (χ1n) is 10.3. The minimum Gasteiger partial charge on any atom is -0.489 e. The molecule has 6 heteroatoms. The fourth-order valence-corrected chi connectivity index (χ4v) is 3.87. The van der Waals surface area contributed by atoms with Crippen LogP contribution >= 0.6 is 12.4 Å². The summed E-state index contributed by atoms with van der Waals surface area (Å²) in [6, 6.07) is 16.2. The number of piperidine rings is 1. The van der Waals surface area contributed by atoms with E-state index in [-0.39, 0.29) is 24.4 Å². The first-order chi connectivity index (χ1) is 14.0. The van der Waals surface area contributed by atoms with Crippen LogP contribution in [0, 0.1) is 12.3 Å². The van der Waals surface area contributed by atoms with Gasteiger partial charge < -0.3 is 20.1 Å². The summed E-state index contributed by atoms with van der Waals surface area (Å²) in [6.45, 7) is 6.78. The van der Waals surface area contributed by atoms with Gasteiger partial charge in [0.1, 0.15) is 12.4 Å². The van der Waals surface area contributed by atoms with Gasteiger partial charge in [-0.2, -0.15) is 0 Å². The number of nitrogens with one attached hydrogen (secondary N) is 2. The summed E-state index contributed by atoms with van der Waals surface area (Å²) >= 11 is 0. The molecular weight excluding hydrogens is 400 g/mol. The molecule has 2 aromatic carbocycles. The maximum atomic E-state index is 13.0. The SMILES string of the molecule is COCC1(C(=O)NC(C)c2ccc(OCc3cccc(C)c3)cc2)CCNCC1.Cl. The second-order valence-corrected chi connectivity index (χ2v) is 8.01. The van der Waals surface area contributed by atoms with E-state index in [1.807, 2.05) is 37.3 Å². The molecule has 30 heavy (non-hydrogen) atoms. The average molecular weight is 433 g/mol. The molecule has 1 saturated heterocycles. The molecule has 1 aliphatic rings. The number of carbonyl (C=O) groups excluding carboxylic acids is 1. The van der Waals surface area contributed by atoms with Crippen LogP contribution in [0.3, 0.4) is 0 Å². The first kappa shape index (κ1) is 24.2. The quantitative estimate of drug-likeness (QED) is 0.656. The van der Waals surface area contributed by atoms with Gasteiger partial charge in [0.15, 0.2) is 0 Å². The van der Waals surface area contributed by atoms with Gasteiger partial charge in [0.05, 0.1) is 18.1 Å². The number of aryl methyl sites for hydroxylation is 1. The molecule has 1 aliphatic heterocycles. The molecule has 0 aromatic heterocycles. The maximum Gasteiger partial charge on any atom is 0.229 e. The Hall–Kier alpha value is -2.08. The topological polar surface area (TPSA) is 59.6 Å². The van der Waals surface area contributed by atoms with Crippen LogP contribution in [0.4, 0.5) is 0 Å². The summed E-state index contributed by atoms with van der Waals surface area (Å²) in [4.78, 5) is 13.0. The van der Waals surface area contributed by atoms with Crippen molar-refractivity contribution in [3.05, 3.63) is 65.2 Å². The van der Waals surface area contributed by atoms with Crippen molar-refractivity contribution in [2.75, 3.05) is 26.8 Å². The standard InChI is InChI=1S/C24H32N2O3.ClH/c1-18-5-4-6-20(15-18)16-29-22-9-7-21(8-10-22)19(2)26-23(27)24(17-28-3)11-13-25-14-12-24;/h4-10,15,19,25H,11-14,16-17H2,1-3H3,(H,26,27);1H. The van der Waals surface area contributed by atoms with E-state index in [0.29, 0.717) is 13.2 Å². The lowest BCUT2D eigenvalue weighted by atomic mass is 9.78. The van der Waals surface area contributed by atoms with Crippen molar-refractivity contribution >= 4 is 18.3 Å². The highest BCUT2D eigenvalue weighted by Gasteiger charge is 2.40. The van der Waals surface area contributed by atoms with Gasteiger partial charge in [-0.1, -0.05) is 42.0 Å². The zero-order chi connectivity index (χ0) is 20.7. The van der Waals surface area contributed by atoms with E-state index < -0.39 is 5.41 Å². The van der Waals surface area contributed by atoms with E-state index in [2.05, 4.69) is 35.8 Å². The Kier molecular flexibility index (Phi) is 9.15. The highest BCUT2D eigenvalue weighted by Crippen LogP contribution is 2.30. The summed E-state index contributed by atoms with van der Waals surface area (Å²) in [6.07, 6.45) is 1.59. The lowest BCUT2D eigenvalue weighted by Gasteiger charge is -2.36. The van der Waals surface area contributed by atoms with E-state index in [0.717, 1.165) is 42.8 Å². The van der Waals surface area contributed by atoms with Crippen molar-refractivity contribution < 1.29 is 14.3 Å². The van der Waals surface area contributed by atoms with E-state index in [1.165, 1.54) is 5.56 Å². The highest BCUT2D eigenvalue weighted by molar-refractivity contribution is 5.85. The highest BCUT2D eigenvalue weighted by atomic mass is 35.5. The second kappa shape index (κ2) is 11.3. The van der Waals surface area contributed by atoms with Gasteiger partial charge in [0, 0.05) is 7.11 Å². The van der Waals surface area contributed by atoms with Crippen LogP contribution in [0.1, 0.15) is 42.5 Å². The number of hydrogen-bond acceptors (Lipinski definition) is 4. The van der Waals surface area contributed by atoms with Crippen LogP contribution in [0.15, 0.2) is 48.5 Å². The van der Waals surface area contributed by atoms with Crippen molar-refractivity contribution in [1.82, 2.24) is 10.6 Å². The zero-order valence-electron chi connectivity index (χ0n) is 18.1. The largest absolute Gasteiger partial charge is 0.489 e. The molecule has 0 bridgehead atoms. The Balaban J connectivity index is 0.00000320. The van der Waals surface area contributed by atoms with Crippen LogP contribution in [-0.2, 0) is 16.1 Å². The molecule has 2 N–H and O–H groups in total. The predicted octanol–water partition coefficient (Wildman–Crippen LogP) is 4.19. The lowest BCUT2D eigenvalue weighted by Crippen LogP contribution is -2.50. The normalized spacial score (nSPS) is 16.2. The van der Waals surface area contributed by atoms with Gasteiger partial charge in [-0.15, -0.1) is 12.4 Å². The van der Waals surface area contributed by atoms with E-state index in [1.54, 1.807) is 7.11 Å². The van der Waals surface area contributed by atoms with Gasteiger partial charge >= 0.3 is 0 Å². The Labute approximate surface area is 186 Å². The van der Waals surface area contributed by atoms with Crippen molar-refractivity contribution in [3.63, 3.8) is 0 Å². The molecule has 0 aliphatic carbocycles.